The van der Waals surface area contributed by atoms with Crippen molar-refractivity contribution in [3.8, 4) is 0 Å². The molecule has 28 heavy (non-hydrogen) atoms. The predicted octanol–water partition coefficient (Wildman–Crippen LogP) is 2.34. The van der Waals surface area contributed by atoms with Crippen LogP contribution in [0, 0.1) is 13.8 Å². The van der Waals surface area contributed by atoms with Crippen LogP contribution in [0.5, 0.6) is 0 Å². The number of hydrogen-bond acceptors (Lipinski definition) is 5. The third-order valence-corrected chi connectivity index (χ3v) is 5.05. The zero-order valence-corrected chi connectivity index (χ0v) is 16.5. The maximum atomic E-state index is 12.5. The molecule has 4 rings (SSSR count). The number of amides is 1. The summed E-state index contributed by atoms with van der Waals surface area (Å²) in [6.07, 6.45) is 3.52. The Bertz CT molecular complexity index is 1030. The van der Waals surface area contributed by atoms with E-state index in [1.54, 1.807) is 6.08 Å². The number of carbonyl (C=O) groups excluding carboxylic acids is 1. The fourth-order valence-corrected chi connectivity index (χ4v) is 3.62. The Labute approximate surface area is 164 Å². The lowest BCUT2D eigenvalue weighted by atomic mass is 10.2. The Morgan fingerprint density at radius 3 is 2.46 bits per heavy atom. The molecule has 0 radical (unpaired) electrons. The maximum Gasteiger partial charge on any atom is 0.246 e. The normalized spacial score (nSPS) is 15.0. The number of carbonyl (C=O) groups is 1. The summed E-state index contributed by atoms with van der Waals surface area (Å²) in [5, 5.41) is 4.50. The highest BCUT2D eigenvalue weighted by molar-refractivity contribution is 5.92. The minimum Gasteiger partial charge on any atom is -0.351 e. The monoisotopic (exact) mass is 376 g/mol. The van der Waals surface area contributed by atoms with E-state index in [-0.39, 0.29) is 5.91 Å². The molecule has 144 valence electrons. The van der Waals surface area contributed by atoms with Gasteiger partial charge in [-0.05, 0) is 25.5 Å². The van der Waals surface area contributed by atoms with E-state index >= 15 is 0 Å². The quantitative estimate of drug-likeness (QED) is 0.657. The average molecular weight is 376 g/mol. The van der Waals surface area contributed by atoms with Gasteiger partial charge in [0.1, 0.15) is 16.9 Å². The van der Waals surface area contributed by atoms with Crippen molar-refractivity contribution in [2.75, 3.05) is 31.1 Å². The molecule has 1 saturated heterocycles. The summed E-state index contributed by atoms with van der Waals surface area (Å²) in [6, 6.07) is 9.87. The van der Waals surface area contributed by atoms with E-state index < -0.39 is 0 Å². The fourth-order valence-electron chi connectivity index (χ4n) is 3.62. The molecule has 0 unspecified atom stereocenters. The zero-order chi connectivity index (χ0) is 19.7. The van der Waals surface area contributed by atoms with Crippen molar-refractivity contribution >= 4 is 28.8 Å². The Morgan fingerprint density at radius 2 is 1.75 bits per heavy atom. The van der Waals surface area contributed by atoms with Crippen LogP contribution in [0.1, 0.15) is 17.1 Å². The summed E-state index contributed by atoms with van der Waals surface area (Å²) in [5.74, 6) is 1.68. The van der Waals surface area contributed by atoms with Gasteiger partial charge in [0.2, 0.25) is 5.91 Å². The Kier molecular flexibility index (Phi) is 4.81. The average Bonchev–Trinajstić information content (AvgIpc) is 3.00. The van der Waals surface area contributed by atoms with Gasteiger partial charge in [-0.15, -0.1) is 0 Å². The third-order valence-electron chi connectivity index (χ3n) is 5.05. The molecule has 1 fully saturated rings. The molecule has 2 aromatic heterocycles. The van der Waals surface area contributed by atoms with E-state index in [1.807, 2.05) is 66.9 Å². The molecule has 1 aliphatic heterocycles. The van der Waals surface area contributed by atoms with Crippen LogP contribution >= 0.6 is 0 Å². The molecule has 1 aromatic carbocycles. The standard InChI is InChI=1S/C21H24N6O/c1-15-19-20(25(3)24-15)21(23-16(2)22-19)27-13-11-26(12-14-27)18(28)10-9-17-7-5-4-6-8-17/h4-10H,11-14H2,1-3H3/b10-9+. The lowest BCUT2D eigenvalue weighted by molar-refractivity contribution is -0.126. The molecule has 0 spiro atoms. The molecule has 3 heterocycles. The Morgan fingerprint density at radius 1 is 1.04 bits per heavy atom. The van der Waals surface area contributed by atoms with Gasteiger partial charge in [-0.3, -0.25) is 9.48 Å². The number of rotatable bonds is 3. The molecule has 7 nitrogen and oxygen atoms in total. The summed E-state index contributed by atoms with van der Waals surface area (Å²) in [4.78, 5) is 25.9. The van der Waals surface area contributed by atoms with Crippen LogP contribution in [-0.2, 0) is 11.8 Å². The van der Waals surface area contributed by atoms with Crippen LogP contribution in [0.25, 0.3) is 17.1 Å². The topological polar surface area (TPSA) is 67.2 Å². The molecule has 1 aliphatic rings. The molecule has 3 aromatic rings. The van der Waals surface area contributed by atoms with Crippen molar-refractivity contribution in [2.24, 2.45) is 7.05 Å². The first-order valence-electron chi connectivity index (χ1n) is 9.48. The summed E-state index contributed by atoms with van der Waals surface area (Å²) in [6.45, 7) is 6.68. The first kappa shape index (κ1) is 18.2. The highest BCUT2D eigenvalue weighted by atomic mass is 16.2. The van der Waals surface area contributed by atoms with Gasteiger partial charge in [0, 0.05) is 39.3 Å². The van der Waals surface area contributed by atoms with E-state index in [1.165, 1.54) is 0 Å². The van der Waals surface area contributed by atoms with Crippen LogP contribution < -0.4 is 4.90 Å². The molecule has 0 saturated carbocycles. The second-order valence-electron chi connectivity index (χ2n) is 7.06. The fraction of sp³-hybridized carbons (Fsp3) is 0.333. The van der Waals surface area contributed by atoms with Gasteiger partial charge >= 0.3 is 0 Å². The van der Waals surface area contributed by atoms with Gasteiger partial charge in [-0.2, -0.15) is 5.10 Å². The van der Waals surface area contributed by atoms with Crippen molar-refractivity contribution in [2.45, 2.75) is 13.8 Å². The molecular weight excluding hydrogens is 352 g/mol. The van der Waals surface area contributed by atoms with Gasteiger partial charge < -0.3 is 9.80 Å². The molecule has 1 amide bonds. The van der Waals surface area contributed by atoms with E-state index in [9.17, 15) is 4.79 Å². The van der Waals surface area contributed by atoms with Crippen LogP contribution in [0.3, 0.4) is 0 Å². The second kappa shape index (κ2) is 7.42. The smallest absolute Gasteiger partial charge is 0.246 e. The minimum absolute atomic E-state index is 0.0453. The number of anilines is 1. The minimum atomic E-state index is 0.0453. The number of aryl methyl sites for hydroxylation is 3. The van der Waals surface area contributed by atoms with Crippen molar-refractivity contribution in [3.05, 3.63) is 53.5 Å². The Hall–Kier alpha value is -3.22. The lowest BCUT2D eigenvalue weighted by Crippen LogP contribution is -2.48. The van der Waals surface area contributed by atoms with Crippen LogP contribution in [-0.4, -0.2) is 56.7 Å². The first-order valence-corrected chi connectivity index (χ1v) is 9.48. The Balaban J connectivity index is 1.48. The van der Waals surface area contributed by atoms with Crippen molar-refractivity contribution in [1.82, 2.24) is 24.6 Å². The van der Waals surface area contributed by atoms with Gasteiger partial charge in [-0.25, -0.2) is 9.97 Å². The highest BCUT2D eigenvalue weighted by Gasteiger charge is 2.24. The van der Waals surface area contributed by atoms with E-state index in [4.69, 9.17) is 0 Å². The SMILES string of the molecule is Cc1nc(N2CCN(C(=O)/C=C/c3ccccc3)CC2)c2c(n1)c(C)nn2C. The number of piperazine rings is 1. The molecular formula is C21H24N6O. The molecule has 0 bridgehead atoms. The zero-order valence-electron chi connectivity index (χ0n) is 16.5. The molecule has 7 heteroatoms. The first-order chi connectivity index (χ1) is 13.5. The summed E-state index contributed by atoms with van der Waals surface area (Å²) >= 11 is 0. The van der Waals surface area contributed by atoms with Gasteiger partial charge in [0.25, 0.3) is 0 Å². The largest absolute Gasteiger partial charge is 0.351 e. The number of benzene rings is 1. The van der Waals surface area contributed by atoms with Gasteiger partial charge in [0.05, 0.1) is 5.69 Å². The lowest BCUT2D eigenvalue weighted by Gasteiger charge is -2.35. The number of aromatic nitrogens is 4. The molecule has 0 atom stereocenters. The second-order valence-corrected chi connectivity index (χ2v) is 7.06. The number of nitrogens with zero attached hydrogens (tertiary/aromatic N) is 6. The summed E-state index contributed by atoms with van der Waals surface area (Å²) in [7, 11) is 1.92. The van der Waals surface area contributed by atoms with E-state index in [2.05, 4.69) is 20.0 Å². The van der Waals surface area contributed by atoms with Crippen LogP contribution in [0.2, 0.25) is 0 Å². The van der Waals surface area contributed by atoms with Crippen molar-refractivity contribution in [1.29, 1.82) is 0 Å². The number of hydrogen-bond donors (Lipinski definition) is 0. The summed E-state index contributed by atoms with van der Waals surface area (Å²) in [5.41, 5.74) is 3.78. The number of fused-ring (bicyclic) bond motifs is 1. The molecule has 0 aliphatic carbocycles. The van der Waals surface area contributed by atoms with Gasteiger partial charge in [0.15, 0.2) is 5.82 Å². The maximum absolute atomic E-state index is 12.5. The van der Waals surface area contributed by atoms with Crippen molar-refractivity contribution in [3.63, 3.8) is 0 Å². The molecule has 0 N–H and O–H groups in total. The van der Waals surface area contributed by atoms with E-state index in [0.717, 1.165) is 47.0 Å². The summed E-state index contributed by atoms with van der Waals surface area (Å²) < 4.78 is 1.85. The van der Waals surface area contributed by atoms with Crippen LogP contribution in [0.15, 0.2) is 36.4 Å². The van der Waals surface area contributed by atoms with E-state index in [0.29, 0.717) is 13.1 Å². The van der Waals surface area contributed by atoms with Crippen molar-refractivity contribution < 1.29 is 4.79 Å². The van der Waals surface area contributed by atoms with Gasteiger partial charge in [-0.1, -0.05) is 30.3 Å². The highest BCUT2D eigenvalue weighted by Crippen LogP contribution is 2.26. The predicted molar refractivity (Wildman–Crippen MR) is 110 cm³/mol. The van der Waals surface area contributed by atoms with Crippen LogP contribution in [0.4, 0.5) is 5.82 Å². The third kappa shape index (κ3) is 3.47.